The molecule has 0 aromatic carbocycles. The summed E-state index contributed by atoms with van der Waals surface area (Å²) in [5.74, 6) is 0. The van der Waals surface area contributed by atoms with E-state index in [1.807, 2.05) is 0 Å². The van der Waals surface area contributed by atoms with Gasteiger partial charge in [0.2, 0.25) is 0 Å². The van der Waals surface area contributed by atoms with Crippen LogP contribution in [0.3, 0.4) is 0 Å². The predicted molar refractivity (Wildman–Crippen MR) is 15.8 cm³/mol. The van der Waals surface area contributed by atoms with E-state index >= 15 is 0 Å². The van der Waals surface area contributed by atoms with Crippen LogP contribution in [0.5, 0.6) is 0 Å². The van der Waals surface area contributed by atoms with Gasteiger partial charge in [-0.25, -0.2) is 0 Å². The maximum absolute atomic E-state index is 2.14. The molecule has 0 N–H and O–H groups in total. The van der Waals surface area contributed by atoms with E-state index < -0.39 is 0 Å². The fourth-order valence-electron chi connectivity index (χ4n) is 0. The van der Waals surface area contributed by atoms with Gasteiger partial charge in [-0.2, -0.15) is 0 Å². The van der Waals surface area contributed by atoms with Crippen molar-refractivity contribution in [3.05, 3.63) is 0 Å². The molecule has 3 heteroatoms. The first-order valence-corrected chi connectivity index (χ1v) is 3.00. The molecule has 0 heterocycles. The molecule has 0 spiro atoms. The van der Waals surface area contributed by atoms with Crippen LogP contribution in [-0.2, 0) is 33.0 Å². The standard InChI is InChI=1S/CH6Si.2Ni/c1-2;;/h1-2H3;;. The predicted octanol–water partition coefficient (Wildman–Crippen LogP) is -0.605. The third kappa shape index (κ3) is 10.7. The minimum absolute atomic E-state index is 0. The van der Waals surface area contributed by atoms with Crippen LogP contribution in [0.25, 0.3) is 0 Å². The Bertz CT molecular complexity index is 6.00. The zero-order valence-corrected chi connectivity index (χ0v) is 6.61. The van der Waals surface area contributed by atoms with E-state index in [9.17, 15) is 0 Å². The van der Waals surface area contributed by atoms with Crippen molar-refractivity contribution >= 4 is 10.2 Å². The molecule has 0 unspecified atom stereocenters. The summed E-state index contributed by atoms with van der Waals surface area (Å²) in [4.78, 5) is 0. The topological polar surface area (TPSA) is 0 Å². The van der Waals surface area contributed by atoms with Crippen molar-refractivity contribution in [2.75, 3.05) is 0 Å². The first-order chi connectivity index (χ1) is 1.00. The second kappa shape index (κ2) is 29.8. The Kier molecular flexibility index (Phi) is 141. The van der Waals surface area contributed by atoms with Crippen LogP contribution in [0.4, 0.5) is 0 Å². The summed E-state index contributed by atoms with van der Waals surface area (Å²) in [5, 5.41) is 0. The van der Waals surface area contributed by atoms with E-state index in [1.54, 1.807) is 0 Å². The monoisotopic (exact) mass is 162 g/mol. The Balaban J connectivity index is -0.00000000500. The third-order valence-corrected chi connectivity index (χ3v) is 0. The Morgan fingerprint density at radius 2 is 1.00 bits per heavy atom. The van der Waals surface area contributed by atoms with Crippen LogP contribution in [0.1, 0.15) is 0 Å². The van der Waals surface area contributed by atoms with Crippen LogP contribution in [0.15, 0.2) is 0 Å². The largest absolute Gasteiger partial charge is 0.0777 e. The Labute approximate surface area is 50.0 Å². The summed E-state index contributed by atoms with van der Waals surface area (Å²) in [6.45, 7) is 2.14. The van der Waals surface area contributed by atoms with E-state index in [0.717, 1.165) is 0 Å². The molecule has 0 radical (unpaired) electrons. The maximum atomic E-state index is 2.14. The molecular formula is CH6Ni2Si. The van der Waals surface area contributed by atoms with Crippen molar-refractivity contribution in [2.24, 2.45) is 0 Å². The molecule has 0 atom stereocenters. The van der Waals surface area contributed by atoms with Gasteiger partial charge < -0.3 is 0 Å². The van der Waals surface area contributed by atoms with Gasteiger partial charge in [0.05, 0.1) is 0 Å². The Hall–Kier alpha value is 1.20. The van der Waals surface area contributed by atoms with Gasteiger partial charge in [0, 0.05) is 33.0 Å². The first-order valence-electron chi connectivity index (χ1n) is 1.00. The molecular weight excluding hydrogens is 157 g/mol. The summed E-state index contributed by atoms with van der Waals surface area (Å²) in [7, 11) is 1.31. The molecule has 0 aromatic heterocycles. The molecule has 0 bridgehead atoms. The van der Waals surface area contributed by atoms with E-state index in [-0.39, 0.29) is 33.0 Å². The van der Waals surface area contributed by atoms with Crippen molar-refractivity contribution < 1.29 is 33.0 Å². The molecule has 0 nitrogen and oxygen atoms in total. The molecule has 0 rings (SSSR count). The molecule has 0 saturated heterocycles. The number of hydrogen-bond acceptors (Lipinski definition) is 0. The van der Waals surface area contributed by atoms with Gasteiger partial charge in [-0.05, 0) is 10.2 Å². The minimum atomic E-state index is 0. The van der Waals surface area contributed by atoms with Gasteiger partial charge in [0.25, 0.3) is 0 Å². The van der Waals surface area contributed by atoms with Crippen LogP contribution in [0, 0.1) is 0 Å². The first kappa shape index (κ1) is 18.9. The molecule has 34 valence electrons. The molecule has 0 aliphatic carbocycles. The van der Waals surface area contributed by atoms with Crippen LogP contribution >= 0.6 is 0 Å². The summed E-state index contributed by atoms with van der Waals surface area (Å²) in [6.07, 6.45) is 0. The molecule has 0 fully saturated rings. The quantitative estimate of drug-likeness (QED) is 0.418. The average molecular weight is 164 g/mol. The second-order valence-corrected chi connectivity index (χ2v) is 0. The van der Waals surface area contributed by atoms with Crippen molar-refractivity contribution in [2.45, 2.75) is 6.55 Å². The SMILES string of the molecule is C[SiH3].[Ni].[Ni]. The van der Waals surface area contributed by atoms with Gasteiger partial charge in [0.1, 0.15) is 0 Å². The van der Waals surface area contributed by atoms with Crippen LogP contribution < -0.4 is 0 Å². The van der Waals surface area contributed by atoms with Crippen molar-refractivity contribution in [3.8, 4) is 0 Å². The van der Waals surface area contributed by atoms with Gasteiger partial charge in [-0.3, -0.25) is 0 Å². The smallest absolute Gasteiger partial charge is 0 e. The molecule has 0 aliphatic heterocycles. The van der Waals surface area contributed by atoms with Crippen molar-refractivity contribution in [1.29, 1.82) is 0 Å². The second-order valence-electron chi connectivity index (χ2n) is 0. The normalized spacial score (nSPS) is 2.25. The fraction of sp³-hybridized carbons (Fsp3) is 1.00. The minimum Gasteiger partial charge on any atom is -0.0777 e. The van der Waals surface area contributed by atoms with Crippen LogP contribution in [-0.4, -0.2) is 10.2 Å². The van der Waals surface area contributed by atoms with Crippen LogP contribution in [0.2, 0.25) is 6.55 Å². The number of hydrogen-bond donors (Lipinski definition) is 0. The fourth-order valence-corrected chi connectivity index (χ4v) is 0. The van der Waals surface area contributed by atoms with Gasteiger partial charge in [-0.15, -0.1) is 0 Å². The van der Waals surface area contributed by atoms with Crippen molar-refractivity contribution in [3.63, 3.8) is 0 Å². The van der Waals surface area contributed by atoms with E-state index in [1.165, 1.54) is 10.2 Å². The van der Waals surface area contributed by atoms with E-state index in [4.69, 9.17) is 0 Å². The van der Waals surface area contributed by atoms with Gasteiger partial charge in [-0.1, -0.05) is 6.55 Å². The zero-order chi connectivity index (χ0) is 2.00. The Morgan fingerprint density at radius 1 is 1.00 bits per heavy atom. The summed E-state index contributed by atoms with van der Waals surface area (Å²) in [5.41, 5.74) is 0. The summed E-state index contributed by atoms with van der Waals surface area (Å²) >= 11 is 0. The molecule has 0 amide bonds. The molecule has 0 aromatic rings. The maximum Gasteiger partial charge on any atom is 0 e. The zero-order valence-electron chi connectivity index (χ0n) is 2.63. The van der Waals surface area contributed by atoms with Crippen molar-refractivity contribution in [1.82, 2.24) is 0 Å². The van der Waals surface area contributed by atoms with E-state index in [0.29, 0.717) is 0 Å². The molecule has 0 aliphatic rings. The van der Waals surface area contributed by atoms with Gasteiger partial charge in [0.15, 0.2) is 0 Å². The van der Waals surface area contributed by atoms with E-state index in [2.05, 4.69) is 6.55 Å². The summed E-state index contributed by atoms with van der Waals surface area (Å²) < 4.78 is 0. The Morgan fingerprint density at radius 3 is 1.00 bits per heavy atom. The number of rotatable bonds is 0. The van der Waals surface area contributed by atoms with Gasteiger partial charge >= 0.3 is 0 Å². The third-order valence-electron chi connectivity index (χ3n) is 0. The molecule has 4 heavy (non-hydrogen) atoms. The molecule has 0 saturated carbocycles. The average Bonchev–Trinajstić information content (AvgIpc) is 1.00. The summed E-state index contributed by atoms with van der Waals surface area (Å²) in [6, 6.07) is 0.